The molecule has 0 heterocycles. The third-order valence-corrected chi connectivity index (χ3v) is 3.82. The lowest BCUT2D eigenvalue weighted by Gasteiger charge is -2.19. The fraction of sp³-hybridized carbons (Fsp3) is 0.200. The van der Waals surface area contributed by atoms with Crippen LogP contribution >= 0.6 is 0 Å². The standard InChI is InChI=1S/C20H20O5/c1-20(2,3)14-8-9-15(17(22)10-14)18(23)11-16(21)12-4-6-13(7-5-12)19(24)25/h4-11,21-22H,1-3H3,(H,24,25). The number of aromatic hydroxyl groups is 1. The van der Waals surface area contributed by atoms with Crippen LogP contribution in [0.1, 0.15) is 52.6 Å². The quantitative estimate of drug-likeness (QED) is 0.441. The highest BCUT2D eigenvalue weighted by atomic mass is 16.4. The zero-order valence-electron chi connectivity index (χ0n) is 14.3. The van der Waals surface area contributed by atoms with Crippen molar-refractivity contribution in [3.63, 3.8) is 0 Å². The smallest absolute Gasteiger partial charge is 0.335 e. The van der Waals surface area contributed by atoms with Crippen LogP contribution in [0.3, 0.4) is 0 Å². The monoisotopic (exact) mass is 340 g/mol. The second-order valence-electron chi connectivity index (χ2n) is 6.76. The highest BCUT2D eigenvalue weighted by molar-refractivity contribution is 6.09. The Morgan fingerprint density at radius 2 is 1.48 bits per heavy atom. The van der Waals surface area contributed by atoms with E-state index in [-0.39, 0.29) is 28.1 Å². The van der Waals surface area contributed by atoms with Gasteiger partial charge in [0.2, 0.25) is 0 Å². The molecule has 5 heteroatoms. The van der Waals surface area contributed by atoms with E-state index in [9.17, 15) is 19.8 Å². The van der Waals surface area contributed by atoms with Gasteiger partial charge >= 0.3 is 5.97 Å². The summed E-state index contributed by atoms with van der Waals surface area (Å²) < 4.78 is 0. The molecule has 2 aromatic rings. The van der Waals surface area contributed by atoms with Gasteiger partial charge in [-0.1, -0.05) is 39.0 Å². The van der Waals surface area contributed by atoms with Crippen molar-refractivity contribution >= 4 is 17.5 Å². The van der Waals surface area contributed by atoms with E-state index in [1.165, 1.54) is 30.3 Å². The molecule has 0 atom stereocenters. The summed E-state index contributed by atoms with van der Waals surface area (Å²) in [7, 11) is 0. The largest absolute Gasteiger partial charge is 0.507 e. The molecule has 0 aliphatic carbocycles. The Morgan fingerprint density at radius 1 is 0.920 bits per heavy atom. The summed E-state index contributed by atoms with van der Waals surface area (Å²) >= 11 is 0. The van der Waals surface area contributed by atoms with E-state index in [0.717, 1.165) is 11.6 Å². The number of aliphatic hydroxyl groups excluding tert-OH is 1. The third-order valence-electron chi connectivity index (χ3n) is 3.82. The summed E-state index contributed by atoms with van der Waals surface area (Å²) in [5.74, 6) is -2.07. The lowest BCUT2D eigenvalue weighted by Crippen LogP contribution is -2.11. The molecule has 0 aliphatic heterocycles. The molecular formula is C20H20O5. The highest BCUT2D eigenvalue weighted by Gasteiger charge is 2.17. The van der Waals surface area contributed by atoms with E-state index in [1.807, 2.05) is 20.8 Å². The fourth-order valence-electron chi connectivity index (χ4n) is 2.28. The van der Waals surface area contributed by atoms with Gasteiger partial charge in [0.25, 0.3) is 0 Å². The van der Waals surface area contributed by atoms with Crippen LogP contribution in [0.4, 0.5) is 0 Å². The Labute approximate surface area is 145 Å². The molecule has 2 aromatic carbocycles. The van der Waals surface area contributed by atoms with Crippen LogP contribution in [0.2, 0.25) is 0 Å². The van der Waals surface area contributed by atoms with E-state index < -0.39 is 11.8 Å². The van der Waals surface area contributed by atoms with Gasteiger partial charge < -0.3 is 15.3 Å². The third kappa shape index (κ3) is 4.26. The lowest BCUT2D eigenvalue weighted by molar-refractivity contribution is 0.0696. The normalized spacial score (nSPS) is 12.0. The molecule has 0 aromatic heterocycles. The number of hydrogen-bond acceptors (Lipinski definition) is 4. The number of phenols is 1. The van der Waals surface area contributed by atoms with Crippen molar-refractivity contribution in [2.75, 3.05) is 0 Å². The van der Waals surface area contributed by atoms with Crippen LogP contribution in [0.15, 0.2) is 48.5 Å². The van der Waals surface area contributed by atoms with Crippen molar-refractivity contribution in [2.45, 2.75) is 26.2 Å². The van der Waals surface area contributed by atoms with Gasteiger partial charge in [0.05, 0.1) is 11.1 Å². The molecule has 3 N–H and O–H groups in total. The first-order chi connectivity index (χ1) is 11.6. The van der Waals surface area contributed by atoms with E-state index in [1.54, 1.807) is 12.1 Å². The van der Waals surface area contributed by atoms with Gasteiger partial charge in [0, 0.05) is 11.6 Å². The molecule has 0 radical (unpaired) electrons. The van der Waals surface area contributed by atoms with Gasteiger partial charge in [-0.15, -0.1) is 0 Å². The average molecular weight is 340 g/mol. The van der Waals surface area contributed by atoms with Crippen LogP contribution in [0, 0.1) is 0 Å². The number of hydrogen-bond donors (Lipinski definition) is 3. The van der Waals surface area contributed by atoms with Crippen molar-refractivity contribution < 1.29 is 24.9 Å². The van der Waals surface area contributed by atoms with Crippen LogP contribution in [-0.2, 0) is 5.41 Å². The van der Waals surface area contributed by atoms with Crippen molar-refractivity contribution in [2.24, 2.45) is 0 Å². The van der Waals surface area contributed by atoms with Crippen LogP contribution in [0.5, 0.6) is 5.75 Å². The molecule has 0 unspecified atom stereocenters. The fourth-order valence-corrected chi connectivity index (χ4v) is 2.28. The average Bonchev–Trinajstić information content (AvgIpc) is 2.53. The van der Waals surface area contributed by atoms with E-state index >= 15 is 0 Å². The number of phenolic OH excluding ortho intramolecular Hbond substituents is 1. The second kappa shape index (κ2) is 6.81. The zero-order valence-corrected chi connectivity index (χ0v) is 14.3. The SMILES string of the molecule is CC(C)(C)c1ccc(C(=O)C=C(O)c2ccc(C(=O)O)cc2)c(O)c1. The molecule has 0 amide bonds. The van der Waals surface area contributed by atoms with Crippen molar-refractivity contribution in [3.8, 4) is 5.75 Å². The minimum Gasteiger partial charge on any atom is -0.507 e. The Morgan fingerprint density at radius 3 is 1.96 bits per heavy atom. The van der Waals surface area contributed by atoms with E-state index in [0.29, 0.717) is 5.56 Å². The molecule has 0 aliphatic rings. The second-order valence-corrected chi connectivity index (χ2v) is 6.76. The Hall–Kier alpha value is -3.08. The van der Waals surface area contributed by atoms with Crippen molar-refractivity contribution in [1.82, 2.24) is 0 Å². The molecule has 2 rings (SSSR count). The maximum atomic E-state index is 12.3. The van der Waals surface area contributed by atoms with Gasteiger partial charge in [-0.3, -0.25) is 4.79 Å². The first-order valence-corrected chi connectivity index (χ1v) is 7.72. The van der Waals surface area contributed by atoms with Gasteiger partial charge in [-0.25, -0.2) is 4.79 Å². The van der Waals surface area contributed by atoms with Gasteiger partial charge in [-0.05, 0) is 35.2 Å². The first-order valence-electron chi connectivity index (χ1n) is 7.72. The van der Waals surface area contributed by atoms with E-state index in [4.69, 9.17) is 5.11 Å². The van der Waals surface area contributed by atoms with Crippen molar-refractivity contribution in [3.05, 3.63) is 70.8 Å². The predicted molar refractivity (Wildman–Crippen MR) is 95.1 cm³/mol. The summed E-state index contributed by atoms with van der Waals surface area (Å²) in [6, 6.07) is 10.3. The van der Waals surface area contributed by atoms with Gasteiger partial charge in [0.1, 0.15) is 11.5 Å². The van der Waals surface area contributed by atoms with Crippen molar-refractivity contribution in [1.29, 1.82) is 0 Å². The van der Waals surface area contributed by atoms with Crippen LogP contribution in [-0.4, -0.2) is 27.1 Å². The number of carboxylic acids is 1. The number of ketones is 1. The summed E-state index contributed by atoms with van der Waals surface area (Å²) in [5, 5.41) is 29.0. The zero-order chi connectivity index (χ0) is 18.8. The lowest BCUT2D eigenvalue weighted by atomic mass is 9.86. The predicted octanol–water partition coefficient (Wildman–Crippen LogP) is 4.17. The summed E-state index contributed by atoms with van der Waals surface area (Å²) in [5.41, 5.74) is 1.20. The molecular weight excluding hydrogens is 320 g/mol. The summed E-state index contributed by atoms with van der Waals surface area (Å²) in [6.07, 6.45) is 1.00. The Balaban J connectivity index is 2.28. The van der Waals surface area contributed by atoms with Gasteiger partial charge in [0.15, 0.2) is 5.78 Å². The number of allylic oxidation sites excluding steroid dienone is 1. The number of aliphatic hydroxyl groups is 1. The molecule has 0 fully saturated rings. The maximum Gasteiger partial charge on any atom is 0.335 e. The maximum absolute atomic E-state index is 12.3. The van der Waals surface area contributed by atoms with E-state index in [2.05, 4.69) is 0 Å². The number of rotatable bonds is 4. The molecule has 0 saturated heterocycles. The Bertz CT molecular complexity index is 839. The highest BCUT2D eigenvalue weighted by Crippen LogP contribution is 2.28. The number of carboxylic acid groups (broad SMARTS) is 1. The minimum absolute atomic E-state index is 0.0818. The molecule has 130 valence electrons. The topological polar surface area (TPSA) is 94.8 Å². The first kappa shape index (κ1) is 18.3. The molecule has 0 bridgehead atoms. The van der Waals surface area contributed by atoms with Crippen LogP contribution < -0.4 is 0 Å². The Kier molecular flexibility index (Phi) is 4.97. The number of carbonyl (C=O) groups is 2. The number of aromatic carboxylic acids is 1. The van der Waals surface area contributed by atoms with Gasteiger partial charge in [-0.2, -0.15) is 0 Å². The molecule has 5 nitrogen and oxygen atoms in total. The molecule has 0 saturated carbocycles. The summed E-state index contributed by atoms with van der Waals surface area (Å²) in [6.45, 7) is 5.99. The minimum atomic E-state index is -1.07. The molecule has 25 heavy (non-hydrogen) atoms. The van der Waals surface area contributed by atoms with Crippen LogP contribution in [0.25, 0.3) is 5.76 Å². The number of carbonyl (C=O) groups excluding carboxylic acids is 1. The molecule has 0 spiro atoms. The number of benzene rings is 2. The summed E-state index contributed by atoms with van der Waals surface area (Å²) in [4.78, 5) is 23.1.